The smallest absolute Gasteiger partial charge is 0.344 e. The summed E-state index contributed by atoms with van der Waals surface area (Å²) in [4.78, 5) is 19.2. The Hall–Kier alpha value is -2.25. The van der Waals surface area contributed by atoms with Gasteiger partial charge in [0.1, 0.15) is 16.6 Å². The highest BCUT2D eigenvalue weighted by Gasteiger charge is 2.09. The van der Waals surface area contributed by atoms with Gasteiger partial charge < -0.3 is 20.5 Å². The van der Waals surface area contributed by atoms with Gasteiger partial charge in [-0.05, 0) is 31.2 Å². The third-order valence-corrected chi connectivity index (χ3v) is 3.35. The molecule has 1 heterocycles. The summed E-state index contributed by atoms with van der Waals surface area (Å²) in [5, 5.41) is 3.11. The molecule has 0 radical (unpaired) electrons. The lowest BCUT2D eigenvalue weighted by atomic mass is 10.3. The maximum absolute atomic E-state index is 11.2. The fourth-order valence-corrected chi connectivity index (χ4v) is 1.86. The number of nitrogens with zero attached hydrogens (tertiary/aromatic N) is 2. The summed E-state index contributed by atoms with van der Waals surface area (Å²) in [6.07, 6.45) is 0. The van der Waals surface area contributed by atoms with Crippen LogP contribution in [0.25, 0.3) is 0 Å². The number of hydrogen-bond acceptors (Lipinski definition) is 7. The van der Waals surface area contributed by atoms with E-state index in [2.05, 4.69) is 15.3 Å². The Kier molecular flexibility index (Phi) is 5.84. The molecule has 9 heteroatoms. The lowest BCUT2D eigenvalue weighted by Crippen LogP contribution is -2.14. The molecule has 122 valence electrons. The van der Waals surface area contributed by atoms with Crippen molar-refractivity contribution >= 4 is 46.6 Å². The van der Waals surface area contributed by atoms with Gasteiger partial charge in [0.25, 0.3) is 0 Å². The number of aromatic nitrogens is 2. The average molecular weight is 357 g/mol. The molecular formula is C14H14Cl2N4O3. The minimum atomic E-state index is -0.422. The van der Waals surface area contributed by atoms with E-state index >= 15 is 0 Å². The number of carbonyl (C=O) groups is 1. The van der Waals surface area contributed by atoms with E-state index in [1.165, 1.54) is 0 Å². The standard InChI is InChI=1S/C14H14Cl2N4O3/c1-2-22-10(21)7-23-9-5-3-8(4-6-9)18-14-19-12(16)11(15)13(17)20-14/h3-6H,2,7H2,1H3,(H3,17,18,19,20). The molecule has 1 aromatic carbocycles. The fourth-order valence-electron chi connectivity index (χ4n) is 1.60. The summed E-state index contributed by atoms with van der Waals surface area (Å²) >= 11 is 11.6. The van der Waals surface area contributed by atoms with Crippen LogP contribution in [0.15, 0.2) is 24.3 Å². The topological polar surface area (TPSA) is 99.4 Å². The molecule has 2 rings (SSSR count). The van der Waals surface area contributed by atoms with Crippen molar-refractivity contribution in [2.75, 3.05) is 24.3 Å². The van der Waals surface area contributed by atoms with Crippen LogP contribution in [0.5, 0.6) is 5.75 Å². The molecule has 0 saturated carbocycles. The third-order valence-electron chi connectivity index (χ3n) is 2.61. The van der Waals surface area contributed by atoms with Gasteiger partial charge in [-0.15, -0.1) is 0 Å². The number of hydrogen-bond donors (Lipinski definition) is 2. The molecule has 1 aromatic heterocycles. The Morgan fingerprint density at radius 1 is 1.26 bits per heavy atom. The number of ether oxygens (including phenoxy) is 2. The van der Waals surface area contributed by atoms with Crippen LogP contribution in [0, 0.1) is 0 Å². The van der Waals surface area contributed by atoms with E-state index in [1.807, 2.05) is 0 Å². The predicted molar refractivity (Wildman–Crippen MR) is 88.3 cm³/mol. The SMILES string of the molecule is CCOC(=O)COc1ccc(Nc2nc(N)c(Cl)c(Cl)n2)cc1. The van der Waals surface area contributed by atoms with Crippen molar-refractivity contribution in [1.82, 2.24) is 9.97 Å². The van der Waals surface area contributed by atoms with Crippen molar-refractivity contribution < 1.29 is 14.3 Å². The molecule has 0 bridgehead atoms. The van der Waals surface area contributed by atoms with E-state index in [4.69, 9.17) is 38.4 Å². The highest BCUT2D eigenvalue weighted by Crippen LogP contribution is 2.27. The van der Waals surface area contributed by atoms with E-state index in [9.17, 15) is 4.79 Å². The molecule has 0 amide bonds. The van der Waals surface area contributed by atoms with Gasteiger partial charge in [0.15, 0.2) is 11.8 Å². The van der Waals surface area contributed by atoms with Crippen molar-refractivity contribution in [3.05, 3.63) is 34.4 Å². The van der Waals surface area contributed by atoms with Gasteiger partial charge >= 0.3 is 5.97 Å². The lowest BCUT2D eigenvalue weighted by Gasteiger charge is -2.09. The molecule has 0 atom stereocenters. The highest BCUT2D eigenvalue weighted by molar-refractivity contribution is 6.42. The zero-order valence-corrected chi connectivity index (χ0v) is 13.7. The molecule has 0 aliphatic rings. The Morgan fingerprint density at radius 3 is 2.57 bits per heavy atom. The quantitative estimate of drug-likeness (QED) is 0.605. The Bertz CT molecular complexity index is 672. The van der Waals surface area contributed by atoms with E-state index in [-0.39, 0.29) is 28.5 Å². The number of nitrogen functional groups attached to an aromatic ring is 1. The first-order valence-electron chi connectivity index (χ1n) is 6.63. The summed E-state index contributed by atoms with van der Waals surface area (Å²) < 4.78 is 10.1. The molecule has 23 heavy (non-hydrogen) atoms. The molecule has 0 unspecified atom stereocenters. The molecule has 7 nitrogen and oxygen atoms in total. The molecule has 0 aliphatic heterocycles. The normalized spacial score (nSPS) is 10.2. The minimum absolute atomic E-state index is 0.0658. The van der Waals surface area contributed by atoms with Crippen molar-refractivity contribution in [1.29, 1.82) is 0 Å². The second kappa shape index (κ2) is 7.85. The highest BCUT2D eigenvalue weighted by atomic mass is 35.5. The van der Waals surface area contributed by atoms with Gasteiger partial charge in [0.2, 0.25) is 5.95 Å². The van der Waals surface area contributed by atoms with Gasteiger partial charge in [0, 0.05) is 5.69 Å². The number of esters is 1. The van der Waals surface area contributed by atoms with E-state index < -0.39 is 5.97 Å². The summed E-state index contributed by atoms with van der Waals surface area (Å²) in [5.74, 6) is 0.410. The summed E-state index contributed by atoms with van der Waals surface area (Å²) in [6, 6.07) is 6.82. The first-order valence-corrected chi connectivity index (χ1v) is 7.39. The summed E-state index contributed by atoms with van der Waals surface area (Å²) in [7, 11) is 0. The Labute approximate surface area is 142 Å². The Balaban J connectivity index is 1.99. The molecule has 3 N–H and O–H groups in total. The number of carbonyl (C=O) groups excluding carboxylic acids is 1. The van der Waals surface area contributed by atoms with Crippen LogP contribution in [0.3, 0.4) is 0 Å². The maximum atomic E-state index is 11.2. The number of nitrogens with one attached hydrogen (secondary N) is 1. The zero-order valence-electron chi connectivity index (χ0n) is 12.2. The van der Waals surface area contributed by atoms with Crippen LogP contribution in [-0.4, -0.2) is 29.2 Å². The number of nitrogens with two attached hydrogens (primary N) is 1. The zero-order chi connectivity index (χ0) is 16.8. The number of halogens is 2. The van der Waals surface area contributed by atoms with Crippen LogP contribution < -0.4 is 15.8 Å². The van der Waals surface area contributed by atoms with Crippen LogP contribution in [0.1, 0.15) is 6.92 Å². The van der Waals surface area contributed by atoms with Gasteiger partial charge in [0.05, 0.1) is 6.61 Å². The van der Waals surface area contributed by atoms with Gasteiger partial charge in [-0.1, -0.05) is 23.2 Å². The molecule has 0 spiro atoms. The minimum Gasteiger partial charge on any atom is -0.482 e. The molecule has 0 aliphatic carbocycles. The molecule has 0 saturated heterocycles. The molecular weight excluding hydrogens is 343 g/mol. The summed E-state index contributed by atoms with van der Waals surface area (Å²) in [5.41, 5.74) is 6.31. The van der Waals surface area contributed by atoms with E-state index in [0.717, 1.165) is 0 Å². The lowest BCUT2D eigenvalue weighted by molar-refractivity contribution is -0.145. The van der Waals surface area contributed by atoms with Gasteiger partial charge in [-0.3, -0.25) is 0 Å². The van der Waals surface area contributed by atoms with Crippen LogP contribution >= 0.6 is 23.2 Å². The third kappa shape index (κ3) is 4.87. The maximum Gasteiger partial charge on any atom is 0.344 e. The first kappa shape index (κ1) is 17.1. The van der Waals surface area contributed by atoms with Crippen molar-refractivity contribution in [2.24, 2.45) is 0 Å². The second-order valence-electron chi connectivity index (χ2n) is 4.28. The first-order chi connectivity index (χ1) is 11.0. The van der Waals surface area contributed by atoms with Crippen LogP contribution in [-0.2, 0) is 9.53 Å². The van der Waals surface area contributed by atoms with Gasteiger partial charge in [-0.25, -0.2) is 4.79 Å². The number of anilines is 3. The second-order valence-corrected chi connectivity index (χ2v) is 5.02. The van der Waals surface area contributed by atoms with Gasteiger partial charge in [-0.2, -0.15) is 9.97 Å². The predicted octanol–water partition coefficient (Wildman–Crippen LogP) is 3.05. The summed E-state index contributed by atoms with van der Waals surface area (Å²) in [6.45, 7) is 1.90. The van der Waals surface area contributed by atoms with Crippen LogP contribution in [0.4, 0.5) is 17.5 Å². The number of benzene rings is 1. The number of rotatable bonds is 6. The van der Waals surface area contributed by atoms with E-state index in [0.29, 0.717) is 18.0 Å². The average Bonchev–Trinajstić information content (AvgIpc) is 2.52. The monoisotopic (exact) mass is 356 g/mol. The largest absolute Gasteiger partial charge is 0.482 e. The van der Waals surface area contributed by atoms with Crippen molar-refractivity contribution in [2.45, 2.75) is 6.92 Å². The van der Waals surface area contributed by atoms with Crippen molar-refractivity contribution in [3.63, 3.8) is 0 Å². The fraction of sp³-hybridized carbons (Fsp3) is 0.214. The van der Waals surface area contributed by atoms with Crippen LogP contribution in [0.2, 0.25) is 10.2 Å². The van der Waals surface area contributed by atoms with Crippen molar-refractivity contribution in [3.8, 4) is 5.75 Å². The van der Waals surface area contributed by atoms with E-state index in [1.54, 1.807) is 31.2 Å². The Morgan fingerprint density at radius 2 is 1.96 bits per heavy atom. The molecule has 2 aromatic rings. The molecule has 0 fully saturated rings.